The summed E-state index contributed by atoms with van der Waals surface area (Å²) in [6, 6.07) is 10.9. The molecule has 1 unspecified atom stereocenters. The first-order chi connectivity index (χ1) is 16.3. The van der Waals surface area contributed by atoms with Crippen LogP contribution in [-0.4, -0.2) is 59.0 Å². The summed E-state index contributed by atoms with van der Waals surface area (Å²) in [7, 11) is -4.06. The fraction of sp³-hybridized carbons (Fsp3) is 0.348. The topological polar surface area (TPSA) is 148 Å². The van der Waals surface area contributed by atoms with Crippen LogP contribution >= 0.6 is 0 Å². The number of nitrogens with one attached hydrogen (secondary N) is 2. The van der Waals surface area contributed by atoms with Crippen molar-refractivity contribution in [2.75, 3.05) is 13.1 Å². The van der Waals surface area contributed by atoms with Crippen molar-refractivity contribution in [2.24, 2.45) is 5.92 Å². The molecular weight excluding hydrogens is 458 g/mol. The van der Waals surface area contributed by atoms with E-state index in [0.29, 0.717) is 29.4 Å². The Hall–Kier alpha value is -3.62. The molecule has 0 aliphatic carbocycles. The number of hydrogen-bond donors (Lipinski definition) is 3. The molecule has 34 heavy (non-hydrogen) atoms. The number of likely N-dealkylation sites (tertiary alicyclic amines) is 1. The maximum Gasteiger partial charge on any atom is 0.306 e. The molecule has 3 N–H and O–H groups in total. The number of aryl methyl sites for hydroxylation is 1. The molecule has 1 saturated heterocycles. The second-order valence-corrected chi connectivity index (χ2v) is 9.98. The number of carboxylic acid groups (broad SMARTS) is 1. The predicted octanol–water partition coefficient (Wildman–Crippen LogP) is 1.90. The van der Waals surface area contributed by atoms with E-state index >= 15 is 0 Å². The third-order valence-electron chi connectivity index (χ3n) is 6.20. The van der Waals surface area contributed by atoms with Crippen LogP contribution in [0.3, 0.4) is 0 Å². The van der Waals surface area contributed by atoms with Crippen LogP contribution in [-0.2, 0) is 26.2 Å². The van der Waals surface area contributed by atoms with E-state index in [4.69, 9.17) is 0 Å². The highest BCUT2D eigenvalue weighted by Gasteiger charge is 2.33. The van der Waals surface area contributed by atoms with Crippen LogP contribution in [0.25, 0.3) is 10.9 Å². The Kier molecular flexibility index (Phi) is 6.72. The summed E-state index contributed by atoms with van der Waals surface area (Å²) in [5, 5.41) is 19.0. The maximum atomic E-state index is 13.4. The number of rotatable bonds is 8. The molecular formula is C23H25N5O5S. The van der Waals surface area contributed by atoms with Crippen molar-refractivity contribution in [1.29, 1.82) is 5.26 Å². The molecule has 11 heteroatoms. The number of carbonyl (C=O) groups excluding carboxylic acids is 1. The van der Waals surface area contributed by atoms with Crippen LogP contribution in [0.15, 0.2) is 53.7 Å². The number of aromatic nitrogens is 2. The molecule has 1 aliphatic heterocycles. The number of benzene rings is 1. The smallest absolute Gasteiger partial charge is 0.306 e. The van der Waals surface area contributed by atoms with Crippen LogP contribution in [0.5, 0.6) is 0 Å². The fourth-order valence-corrected chi connectivity index (χ4v) is 5.77. The minimum absolute atomic E-state index is 0.0623. The number of nitriles is 1. The van der Waals surface area contributed by atoms with Crippen molar-refractivity contribution in [3.05, 3.63) is 54.5 Å². The summed E-state index contributed by atoms with van der Waals surface area (Å²) in [6.07, 6.45) is 4.12. The lowest BCUT2D eigenvalue weighted by molar-refractivity contribution is -0.146. The van der Waals surface area contributed by atoms with Gasteiger partial charge in [0, 0.05) is 42.9 Å². The quantitative estimate of drug-likeness (QED) is 0.446. The maximum absolute atomic E-state index is 13.4. The van der Waals surface area contributed by atoms with Crippen LogP contribution in [0.2, 0.25) is 0 Å². The lowest BCUT2D eigenvalue weighted by atomic mass is 9.96. The van der Waals surface area contributed by atoms with E-state index < -0.39 is 33.9 Å². The van der Waals surface area contributed by atoms with E-state index in [-0.39, 0.29) is 31.0 Å². The molecule has 0 spiro atoms. The average Bonchev–Trinajstić information content (AvgIpc) is 3.50. The molecule has 1 atom stereocenters. The van der Waals surface area contributed by atoms with Gasteiger partial charge in [0.1, 0.15) is 17.8 Å². The van der Waals surface area contributed by atoms with Crippen molar-refractivity contribution in [1.82, 2.24) is 19.2 Å². The van der Waals surface area contributed by atoms with Crippen molar-refractivity contribution in [3.63, 3.8) is 0 Å². The van der Waals surface area contributed by atoms with Gasteiger partial charge in [-0.2, -0.15) is 9.98 Å². The summed E-state index contributed by atoms with van der Waals surface area (Å²) >= 11 is 0. The Balaban J connectivity index is 1.58. The molecule has 2 aromatic heterocycles. The Morgan fingerprint density at radius 1 is 1.21 bits per heavy atom. The molecule has 4 rings (SSSR count). The molecule has 10 nitrogen and oxygen atoms in total. The minimum atomic E-state index is -4.06. The molecule has 0 radical (unpaired) electrons. The lowest BCUT2D eigenvalue weighted by Crippen LogP contribution is -2.51. The number of amides is 1. The number of fused-ring (bicyclic) bond motifs is 1. The van der Waals surface area contributed by atoms with Crippen molar-refractivity contribution < 1.29 is 23.1 Å². The predicted molar refractivity (Wildman–Crippen MR) is 123 cm³/mol. The molecule has 3 aromatic rings. The molecule has 1 aromatic carbocycles. The van der Waals surface area contributed by atoms with E-state index in [2.05, 4.69) is 15.8 Å². The van der Waals surface area contributed by atoms with Gasteiger partial charge in [-0.25, -0.2) is 8.42 Å². The van der Waals surface area contributed by atoms with Gasteiger partial charge in [-0.3, -0.25) is 9.59 Å². The van der Waals surface area contributed by atoms with Crippen LogP contribution in [0, 0.1) is 17.2 Å². The largest absolute Gasteiger partial charge is 0.481 e. The molecule has 178 valence electrons. The number of sulfonamides is 1. The lowest BCUT2D eigenvalue weighted by Gasteiger charge is -2.33. The molecule has 1 fully saturated rings. The normalized spacial score (nSPS) is 15.8. The SMILES string of the molecule is N#Cc1cccn1CCC(NS(=O)(=O)c1cccc2[nH]ccc12)C(=O)N1CCC(C(=O)O)CC1. The zero-order valence-corrected chi connectivity index (χ0v) is 19.2. The van der Waals surface area contributed by atoms with Gasteiger partial charge < -0.3 is 19.6 Å². The summed E-state index contributed by atoms with van der Waals surface area (Å²) in [5.41, 5.74) is 1.07. The Morgan fingerprint density at radius 2 is 1.97 bits per heavy atom. The molecule has 1 aliphatic rings. The minimum Gasteiger partial charge on any atom is -0.481 e. The summed E-state index contributed by atoms with van der Waals surface area (Å²) in [5.74, 6) is -1.80. The van der Waals surface area contributed by atoms with Gasteiger partial charge in [-0.1, -0.05) is 6.07 Å². The number of H-pyrrole nitrogens is 1. The molecule has 3 heterocycles. The number of aliphatic carboxylic acids is 1. The fourth-order valence-electron chi connectivity index (χ4n) is 4.32. The van der Waals surface area contributed by atoms with Gasteiger partial charge in [0.25, 0.3) is 0 Å². The zero-order valence-electron chi connectivity index (χ0n) is 18.3. The van der Waals surface area contributed by atoms with E-state index in [1.54, 1.807) is 47.3 Å². The van der Waals surface area contributed by atoms with E-state index in [0.717, 1.165) is 0 Å². The van der Waals surface area contributed by atoms with E-state index in [1.165, 1.54) is 11.0 Å². The summed E-state index contributed by atoms with van der Waals surface area (Å²) in [6.45, 7) is 0.748. The summed E-state index contributed by atoms with van der Waals surface area (Å²) in [4.78, 5) is 29.2. The summed E-state index contributed by atoms with van der Waals surface area (Å²) < 4.78 is 30.9. The first kappa shape index (κ1) is 23.5. The zero-order chi connectivity index (χ0) is 24.3. The van der Waals surface area contributed by atoms with E-state index in [1.807, 2.05) is 0 Å². The van der Waals surface area contributed by atoms with Gasteiger partial charge >= 0.3 is 5.97 Å². The van der Waals surface area contributed by atoms with Gasteiger partial charge in [-0.05, 0) is 49.6 Å². The number of carbonyl (C=O) groups is 2. The van der Waals surface area contributed by atoms with Crippen molar-refractivity contribution >= 4 is 32.8 Å². The highest BCUT2D eigenvalue weighted by Crippen LogP contribution is 2.24. The Morgan fingerprint density at radius 3 is 2.68 bits per heavy atom. The van der Waals surface area contributed by atoms with Gasteiger partial charge in [0.2, 0.25) is 15.9 Å². The third-order valence-corrected chi connectivity index (χ3v) is 7.73. The molecule has 0 bridgehead atoms. The van der Waals surface area contributed by atoms with Gasteiger partial charge in [0.15, 0.2) is 0 Å². The number of carboxylic acids is 1. The van der Waals surface area contributed by atoms with E-state index in [9.17, 15) is 28.4 Å². The highest BCUT2D eigenvalue weighted by molar-refractivity contribution is 7.89. The van der Waals surface area contributed by atoms with Crippen LogP contribution < -0.4 is 4.72 Å². The first-order valence-electron chi connectivity index (χ1n) is 11.0. The van der Waals surface area contributed by atoms with Crippen molar-refractivity contribution in [3.8, 4) is 6.07 Å². The first-order valence-corrected chi connectivity index (χ1v) is 12.4. The number of aromatic amines is 1. The van der Waals surface area contributed by atoms with Crippen molar-refractivity contribution in [2.45, 2.75) is 36.7 Å². The Labute approximate surface area is 196 Å². The second kappa shape index (κ2) is 9.70. The van der Waals surface area contributed by atoms with Gasteiger partial charge in [0.05, 0.1) is 10.8 Å². The number of nitrogens with zero attached hydrogens (tertiary/aromatic N) is 3. The second-order valence-electron chi connectivity index (χ2n) is 8.29. The molecule has 0 saturated carbocycles. The average molecular weight is 484 g/mol. The standard InChI is InChI=1S/C23H25N5O5S/c24-15-17-3-2-11-27(17)14-9-20(22(29)28-12-7-16(8-13-28)23(30)31)26-34(32,33)21-5-1-4-19-18(21)6-10-25-19/h1-6,10-11,16,20,25-26H,7-9,12-14H2,(H,30,31). The van der Waals surface area contributed by atoms with Crippen LogP contribution in [0.1, 0.15) is 25.0 Å². The third kappa shape index (κ3) is 4.83. The monoisotopic (exact) mass is 483 g/mol. The van der Waals surface area contributed by atoms with Crippen LogP contribution in [0.4, 0.5) is 0 Å². The van der Waals surface area contributed by atoms with Gasteiger partial charge in [-0.15, -0.1) is 0 Å². The number of piperidine rings is 1. The molecule has 1 amide bonds. The Bertz CT molecular complexity index is 1350. The number of hydrogen-bond acceptors (Lipinski definition) is 5. The highest BCUT2D eigenvalue weighted by atomic mass is 32.2.